The lowest BCUT2D eigenvalue weighted by Crippen LogP contribution is -2.41. The second kappa shape index (κ2) is 7.53. The summed E-state index contributed by atoms with van der Waals surface area (Å²) >= 11 is 3.43. The lowest BCUT2D eigenvalue weighted by molar-refractivity contribution is 0.140. The molecule has 0 spiro atoms. The molecule has 0 saturated heterocycles. The van der Waals surface area contributed by atoms with E-state index < -0.39 is 0 Å². The van der Waals surface area contributed by atoms with Crippen LogP contribution in [0.3, 0.4) is 0 Å². The van der Waals surface area contributed by atoms with Crippen molar-refractivity contribution in [3.63, 3.8) is 0 Å². The predicted octanol–water partition coefficient (Wildman–Crippen LogP) is 4.07. The first kappa shape index (κ1) is 15.9. The second-order valence-corrected chi connectivity index (χ2v) is 6.69. The molecule has 1 aliphatic rings. The van der Waals surface area contributed by atoms with Gasteiger partial charge in [-0.2, -0.15) is 0 Å². The number of nitrogens with zero attached hydrogens (tertiary/aromatic N) is 1. The van der Waals surface area contributed by atoms with E-state index in [1.54, 1.807) is 12.1 Å². The van der Waals surface area contributed by atoms with E-state index in [2.05, 4.69) is 27.8 Å². The van der Waals surface area contributed by atoms with Crippen LogP contribution < -0.4 is 5.73 Å². The summed E-state index contributed by atoms with van der Waals surface area (Å²) in [5, 5.41) is 0. The molecule has 1 aliphatic carbocycles. The molecule has 1 fully saturated rings. The molecular weight excluding hydrogens is 319 g/mol. The first-order chi connectivity index (χ1) is 9.60. The number of nitrogens with two attached hydrogens (primary N) is 1. The zero-order valence-corrected chi connectivity index (χ0v) is 13.7. The Bertz CT molecular complexity index is 430. The summed E-state index contributed by atoms with van der Waals surface area (Å²) in [6, 6.07) is 6.10. The SMILES string of the molecule is CCCN(Cc1cc(Br)ccc1F)C1CCC(N)CC1. The maximum absolute atomic E-state index is 13.9. The fourth-order valence-electron chi connectivity index (χ4n) is 3.03. The molecule has 112 valence electrons. The van der Waals surface area contributed by atoms with E-state index in [1.807, 2.05) is 6.07 Å². The maximum atomic E-state index is 13.9. The fourth-order valence-corrected chi connectivity index (χ4v) is 3.44. The van der Waals surface area contributed by atoms with Crippen LogP contribution in [0.1, 0.15) is 44.6 Å². The van der Waals surface area contributed by atoms with Gasteiger partial charge in [-0.1, -0.05) is 22.9 Å². The van der Waals surface area contributed by atoms with Crippen molar-refractivity contribution >= 4 is 15.9 Å². The van der Waals surface area contributed by atoms with Gasteiger partial charge in [0.15, 0.2) is 0 Å². The van der Waals surface area contributed by atoms with Crippen LogP contribution in [0.15, 0.2) is 22.7 Å². The van der Waals surface area contributed by atoms with Crippen molar-refractivity contribution in [2.75, 3.05) is 6.54 Å². The quantitative estimate of drug-likeness (QED) is 0.873. The Kier molecular flexibility index (Phi) is 6.00. The maximum Gasteiger partial charge on any atom is 0.127 e. The van der Waals surface area contributed by atoms with E-state index in [0.717, 1.165) is 48.7 Å². The minimum absolute atomic E-state index is 0.109. The molecule has 0 atom stereocenters. The van der Waals surface area contributed by atoms with E-state index >= 15 is 0 Å². The van der Waals surface area contributed by atoms with E-state index in [-0.39, 0.29) is 5.82 Å². The molecule has 0 heterocycles. The number of benzene rings is 1. The summed E-state index contributed by atoms with van der Waals surface area (Å²) in [6.45, 7) is 3.89. The number of halogens is 2. The molecule has 2 rings (SSSR count). The summed E-state index contributed by atoms with van der Waals surface area (Å²) in [7, 11) is 0. The van der Waals surface area contributed by atoms with Crippen molar-refractivity contribution in [2.24, 2.45) is 5.73 Å². The van der Waals surface area contributed by atoms with Crippen LogP contribution in [-0.2, 0) is 6.54 Å². The van der Waals surface area contributed by atoms with Gasteiger partial charge in [0, 0.05) is 28.7 Å². The number of rotatable bonds is 5. The largest absolute Gasteiger partial charge is 0.328 e. The highest BCUT2D eigenvalue weighted by molar-refractivity contribution is 9.10. The lowest BCUT2D eigenvalue weighted by Gasteiger charge is -2.36. The van der Waals surface area contributed by atoms with Gasteiger partial charge in [0.25, 0.3) is 0 Å². The van der Waals surface area contributed by atoms with Gasteiger partial charge in [-0.05, 0) is 56.8 Å². The van der Waals surface area contributed by atoms with Crippen LogP contribution in [-0.4, -0.2) is 23.5 Å². The van der Waals surface area contributed by atoms with Crippen molar-refractivity contribution in [2.45, 2.75) is 57.7 Å². The molecule has 0 bridgehead atoms. The molecule has 2 N–H and O–H groups in total. The highest BCUT2D eigenvalue weighted by Crippen LogP contribution is 2.25. The minimum Gasteiger partial charge on any atom is -0.328 e. The van der Waals surface area contributed by atoms with Crippen molar-refractivity contribution < 1.29 is 4.39 Å². The van der Waals surface area contributed by atoms with Gasteiger partial charge in [-0.15, -0.1) is 0 Å². The first-order valence-electron chi connectivity index (χ1n) is 7.53. The van der Waals surface area contributed by atoms with Crippen molar-refractivity contribution in [3.8, 4) is 0 Å². The van der Waals surface area contributed by atoms with E-state index in [9.17, 15) is 4.39 Å². The van der Waals surface area contributed by atoms with Crippen LogP contribution in [0.2, 0.25) is 0 Å². The summed E-state index contributed by atoms with van der Waals surface area (Å²) in [4.78, 5) is 2.43. The van der Waals surface area contributed by atoms with Crippen molar-refractivity contribution in [3.05, 3.63) is 34.1 Å². The van der Waals surface area contributed by atoms with Gasteiger partial charge in [0.1, 0.15) is 5.82 Å². The Morgan fingerprint density at radius 3 is 2.65 bits per heavy atom. The fraction of sp³-hybridized carbons (Fsp3) is 0.625. The Labute approximate surface area is 129 Å². The first-order valence-corrected chi connectivity index (χ1v) is 8.33. The van der Waals surface area contributed by atoms with Gasteiger partial charge in [0.2, 0.25) is 0 Å². The topological polar surface area (TPSA) is 29.3 Å². The normalized spacial score (nSPS) is 23.2. The Balaban J connectivity index is 2.06. The summed E-state index contributed by atoms with van der Waals surface area (Å²) in [5.41, 5.74) is 6.76. The Morgan fingerprint density at radius 1 is 1.30 bits per heavy atom. The van der Waals surface area contributed by atoms with Gasteiger partial charge in [-0.3, -0.25) is 4.90 Å². The highest BCUT2D eigenvalue weighted by Gasteiger charge is 2.24. The molecule has 0 radical (unpaired) electrons. The molecule has 4 heteroatoms. The van der Waals surface area contributed by atoms with Crippen LogP contribution in [0.5, 0.6) is 0 Å². The zero-order chi connectivity index (χ0) is 14.5. The van der Waals surface area contributed by atoms with Gasteiger partial charge in [0.05, 0.1) is 0 Å². The molecule has 2 nitrogen and oxygen atoms in total. The average molecular weight is 343 g/mol. The predicted molar refractivity (Wildman–Crippen MR) is 85.0 cm³/mol. The summed E-state index contributed by atoms with van der Waals surface area (Å²) in [5.74, 6) is -0.109. The molecule has 0 unspecified atom stereocenters. The third-order valence-electron chi connectivity index (χ3n) is 4.15. The van der Waals surface area contributed by atoms with Crippen molar-refractivity contribution in [1.29, 1.82) is 0 Å². The smallest absolute Gasteiger partial charge is 0.127 e. The summed E-state index contributed by atoms with van der Waals surface area (Å²) < 4.78 is 14.9. The Hall–Kier alpha value is -0.450. The molecular formula is C16H24BrFN2. The third-order valence-corrected chi connectivity index (χ3v) is 4.64. The molecule has 20 heavy (non-hydrogen) atoms. The lowest BCUT2D eigenvalue weighted by atomic mass is 9.90. The molecule has 0 aromatic heterocycles. The van der Waals surface area contributed by atoms with Crippen molar-refractivity contribution in [1.82, 2.24) is 4.90 Å². The number of hydrogen-bond donors (Lipinski definition) is 1. The van der Waals surface area contributed by atoms with Crippen LogP contribution >= 0.6 is 15.9 Å². The van der Waals surface area contributed by atoms with E-state index in [0.29, 0.717) is 18.6 Å². The molecule has 1 aromatic rings. The third kappa shape index (κ3) is 4.27. The van der Waals surface area contributed by atoms with Gasteiger partial charge in [-0.25, -0.2) is 4.39 Å². The van der Waals surface area contributed by atoms with Gasteiger partial charge < -0.3 is 5.73 Å². The molecule has 1 saturated carbocycles. The van der Waals surface area contributed by atoms with Crippen LogP contribution in [0, 0.1) is 5.82 Å². The molecule has 0 aliphatic heterocycles. The van der Waals surface area contributed by atoms with Crippen LogP contribution in [0.4, 0.5) is 4.39 Å². The Morgan fingerprint density at radius 2 is 2.00 bits per heavy atom. The molecule has 0 amide bonds. The summed E-state index contributed by atoms with van der Waals surface area (Å²) in [6.07, 6.45) is 5.55. The van der Waals surface area contributed by atoms with E-state index in [1.165, 1.54) is 0 Å². The molecule has 1 aromatic carbocycles. The monoisotopic (exact) mass is 342 g/mol. The van der Waals surface area contributed by atoms with Gasteiger partial charge >= 0.3 is 0 Å². The average Bonchev–Trinajstić information content (AvgIpc) is 2.43. The number of hydrogen-bond acceptors (Lipinski definition) is 2. The highest BCUT2D eigenvalue weighted by atomic mass is 79.9. The zero-order valence-electron chi connectivity index (χ0n) is 12.1. The standard InChI is InChI=1S/C16H24BrFN2/c1-2-9-20(15-6-4-14(19)5-7-15)11-12-10-13(17)3-8-16(12)18/h3,8,10,14-15H,2,4-7,9,11,19H2,1H3. The second-order valence-electron chi connectivity index (χ2n) is 5.77. The minimum atomic E-state index is -0.109. The van der Waals surface area contributed by atoms with Crippen LogP contribution in [0.25, 0.3) is 0 Å². The van der Waals surface area contributed by atoms with E-state index in [4.69, 9.17) is 5.73 Å².